The van der Waals surface area contributed by atoms with Gasteiger partial charge in [0, 0.05) is 16.9 Å². The van der Waals surface area contributed by atoms with Crippen molar-refractivity contribution < 1.29 is 29.0 Å². The number of esters is 1. The molecular weight excluding hydrogens is 388 g/mol. The number of anilines is 1. The molecule has 8 heteroatoms. The van der Waals surface area contributed by atoms with Crippen LogP contribution in [0.1, 0.15) is 33.2 Å². The largest absolute Gasteiger partial charge is 0.478 e. The van der Waals surface area contributed by atoms with Gasteiger partial charge in [-0.3, -0.25) is 14.5 Å². The van der Waals surface area contributed by atoms with Gasteiger partial charge in [0.25, 0.3) is 5.91 Å². The lowest BCUT2D eigenvalue weighted by Gasteiger charge is -2.18. The zero-order chi connectivity index (χ0) is 22.0. The van der Waals surface area contributed by atoms with Gasteiger partial charge in [0.1, 0.15) is 0 Å². The number of nitrogens with two attached hydrogens (primary N) is 1. The molecule has 0 aliphatic carbocycles. The lowest BCUT2D eigenvalue weighted by atomic mass is 10.0. The van der Waals surface area contributed by atoms with Gasteiger partial charge >= 0.3 is 11.9 Å². The van der Waals surface area contributed by atoms with E-state index in [9.17, 15) is 19.2 Å². The SMILES string of the molecule is COC(=O)C1=C(C)N(c2ccc(C(N)=O)cc2)C(=O)C1=Cc1ccc(C(=O)O)cc1. The van der Waals surface area contributed by atoms with E-state index in [4.69, 9.17) is 15.6 Å². The smallest absolute Gasteiger partial charge is 0.340 e. The lowest BCUT2D eigenvalue weighted by molar-refractivity contribution is -0.136. The highest BCUT2D eigenvalue weighted by atomic mass is 16.5. The number of carbonyl (C=O) groups is 4. The van der Waals surface area contributed by atoms with Gasteiger partial charge in [-0.15, -0.1) is 0 Å². The topological polar surface area (TPSA) is 127 Å². The van der Waals surface area contributed by atoms with Gasteiger partial charge in [0.05, 0.1) is 23.8 Å². The Balaban J connectivity index is 2.07. The Hall–Kier alpha value is -4.20. The summed E-state index contributed by atoms with van der Waals surface area (Å²) in [4.78, 5) is 49.2. The summed E-state index contributed by atoms with van der Waals surface area (Å²) in [6, 6.07) is 12.0. The zero-order valence-electron chi connectivity index (χ0n) is 16.2. The molecule has 2 aromatic rings. The van der Waals surface area contributed by atoms with Crippen molar-refractivity contribution >= 4 is 35.5 Å². The summed E-state index contributed by atoms with van der Waals surface area (Å²) in [6.45, 7) is 1.61. The number of benzene rings is 2. The first-order chi connectivity index (χ1) is 14.2. The molecule has 1 heterocycles. The number of allylic oxidation sites excluding steroid dienone is 1. The molecule has 3 N–H and O–H groups in total. The molecule has 152 valence electrons. The maximum atomic E-state index is 13.2. The number of nitrogens with zero attached hydrogens (tertiary/aromatic N) is 1. The minimum absolute atomic E-state index is 0.101. The molecule has 0 saturated carbocycles. The number of carboxylic acid groups (broad SMARTS) is 1. The van der Waals surface area contributed by atoms with E-state index in [1.54, 1.807) is 19.1 Å². The van der Waals surface area contributed by atoms with Crippen LogP contribution in [0.4, 0.5) is 5.69 Å². The van der Waals surface area contributed by atoms with E-state index in [0.717, 1.165) is 0 Å². The van der Waals surface area contributed by atoms with Crippen molar-refractivity contribution in [3.8, 4) is 0 Å². The van der Waals surface area contributed by atoms with Gasteiger partial charge < -0.3 is 15.6 Å². The Morgan fingerprint density at radius 1 is 1.00 bits per heavy atom. The van der Waals surface area contributed by atoms with Gasteiger partial charge in [0.2, 0.25) is 5.91 Å². The van der Waals surface area contributed by atoms with Crippen LogP contribution in [0.2, 0.25) is 0 Å². The van der Waals surface area contributed by atoms with Crippen molar-refractivity contribution in [3.05, 3.63) is 82.1 Å². The average molecular weight is 406 g/mol. The normalized spacial score (nSPS) is 14.9. The van der Waals surface area contributed by atoms with Crippen LogP contribution >= 0.6 is 0 Å². The fourth-order valence-electron chi connectivity index (χ4n) is 3.15. The molecule has 0 bridgehead atoms. The van der Waals surface area contributed by atoms with Gasteiger partial charge in [-0.2, -0.15) is 0 Å². The maximum absolute atomic E-state index is 13.2. The van der Waals surface area contributed by atoms with Gasteiger partial charge in [-0.25, -0.2) is 9.59 Å². The molecule has 0 atom stereocenters. The van der Waals surface area contributed by atoms with Crippen LogP contribution in [-0.2, 0) is 14.3 Å². The summed E-state index contributed by atoms with van der Waals surface area (Å²) >= 11 is 0. The Kier molecular flexibility index (Phi) is 5.50. The summed E-state index contributed by atoms with van der Waals surface area (Å²) < 4.78 is 4.85. The number of amides is 2. The number of rotatable bonds is 5. The molecule has 30 heavy (non-hydrogen) atoms. The van der Waals surface area contributed by atoms with E-state index >= 15 is 0 Å². The first kappa shape index (κ1) is 20.5. The van der Waals surface area contributed by atoms with E-state index in [0.29, 0.717) is 16.9 Å². The van der Waals surface area contributed by atoms with E-state index in [1.807, 2.05) is 0 Å². The van der Waals surface area contributed by atoms with E-state index in [1.165, 1.54) is 54.5 Å². The number of carbonyl (C=O) groups excluding carboxylic acids is 3. The predicted molar refractivity (Wildman–Crippen MR) is 109 cm³/mol. The number of hydrogen-bond acceptors (Lipinski definition) is 5. The number of hydrogen-bond donors (Lipinski definition) is 2. The molecule has 0 aromatic heterocycles. The second kappa shape index (κ2) is 8.04. The minimum Gasteiger partial charge on any atom is -0.478 e. The first-order valence-corrected chi connectivity index (χ1v) is 8.83. The third kappa shape index (κ3) is 3.70. The standard InChI is InChI=1S/C22H18N2O6/c1-12-18(22(29)30-2)17(11-13-3-5-15(6-4-13)21(27)28)20(26)24(12)16-9-7-14(8-10-16)19(23)25/h3-11H,1-2H3,(H2,23,25)(H,27,28). The first-order valence-electron chi connectivity index (χ1n) is 8.83. The van der Waals surface area contributed by atoms with Crippen LogP contribution in [0.25, 0.3) is 6.08 Å². The second-order valence-electron chi connectivity index (χ2n) is 6.49. The minimum atomic E-state index is -1.07. The van der Waals surface area contributed by atoms with Crippen molar-refractivity contribution in [2.45, 2.75) is 6.92 Å². The van der Waals surface area contributed by atoms with Gasteiger partial charge in [-0.1, -0.05) is 12.1 Å². The monoisotopic (exact) mass is 406 g/mol. The average Bonchev–Trinajstić information content (AvgIpc) is 2.97. The fourth-order valence-corrected chi connectivity index (χ4v) is 3.15. The summed E-state index contributed by atoms with van der Waals surface area (Å²) in [5.41, 5.74) is 7.22. The molecule has 1 aliphatic heterocycles. The van der Waals surface area contributed by atoms with Gasteiger partial charge in [0.15, 0.2) is 0 Å². The molecule has 0 radical (unpaired) electrons. The van der Waals surface area contributed by atoms with E-state index < -0.39 is 23.8 Å². The number of ether oxygens (including phenoxy) is 1. The van der Waals surface area contributed by atoms with Crippen molar-refractivity contribution in [3.63, 3.8) is 0 Å². The van der Waals surface area contributed by atoms with Crippen LogP contribution in [0.5, 0.6) is 0 Å². The molecule has 2 aromatic carbocycles. The number of carboxylic acids is 1. The Bertz CT molecular complexity index is 1110. The van der Waals surface area contributed by atoms with Crippen molar-refractivity contribution in [1.82, 2.24) is 0 Å². The molecular formula is C22H18N2O6. The molecule has 0 spiro atoms. The molecule has 1 aliphatic rings. The highest BCUT2D eigenvalue weighted by molar-refractivity contribution is 6.23. The lowest BCUT2D eigenvalue weighted by Crippen LogP contribution is -2.24. The van der Waals surface area contributed by atoms with Crippen LogP contribution in [0.15, 0.2) is 65.4 Å². The number of primary amides is 1. The summed E-state index contributed by atoms with van der Waals surface area (Å²) in [7, 11) is 1.22. The highest BCUT2D eigenvalue weighted by Gasteiger charge is 2.37. The van der Waals surface area contributed by atoms with Crippen molar-refractivity contribution in [2.24, 2.45) is 5.73 Å². The molecule has 0 fully saturated rings. The maximum Gasteiger partial charge on any atom is 0.340 e. The Labute approximate surface area is 171 Å². The highest BCUT2D eigenvalue weighted by Crippen LogP contribution is 2.35. The number of methoxy groups -OCH3 is 1. The molecule has 0 saturated heterocycles. The molecule has 3 rings (SSSR count). The van der Waals surface area contributed by atoms with Gasteiger partial charge in [-0.05, 0) is 55.0 Å². The summed E-state index contributed by atoms with van der Waals surface area (Å²) in [6.07, 6.45) is 1.50. The summed E-state index contributed by atoms with van der Waals surface area (Å²) in [5.74, 6) is -2.79. The van der Waals surface area contributed by atoms with E-state index in [2.05, 4.69) is 0 Å². The third-order valence-corrected chi connectivity index (χ3v) is 4.67. The molecule has 0 unspecified atom stereocenters. The van der Waals surface area contributed by atoms with Crippen LogP contribution in [-0.4, -0.2) is 36.0 Å². The van der Waals surface area contributed by atoms with Crippen LogP contribution in [0.3, 0.4) is 0 Å². The zero-order valence-corrected chi connectivity index (χ0v) is 16.2. The summed E-state index contributed by atoms with van der Waals surface area (Å²) in [5, 5.41) is 9.02. The molecule has 8 nitrogen and oxygen atoms in total. The predicted octanol–water partition coefficient (Wildman–Crippen LogP) is 2.36. The van der Waals surface area contributed by atoms with Crippen LogP contribution in [0, 0.1) is 0 Å². The third-order valence-electron chi connectivity index (χ3n) is 4.67. The van der Waals surface area contributed by atoms with Crippen molar-refractivity contribution in [1.29, 1.82) is 0 Å². The Morgan fingerprint density at radius 3 is 2.07 bits per heavy atom. The second-order valence-corrected chi connectivity index (χ2v) is 6.49. The molecule has 2 amide bonds. The van der Waals surface area contributed by atoms with Crippen molar-refractivity contribution in [2.75, 3.05) is 12.0 Å². The fraction of sp³-hybridized carbons (Fsp3) is 0.0909. The Morgan fingerprint density at radius 2 is 1.57 bits per heavy atom. The van der Waals surface area contributed by atoms with Crippen LogP contribution < -0.4 is 10.6 Å². The quantitative estimate of drug-likeness (QED) is 0.580. The van der Waals surface area contributed by atoms with E-state index in [-0.39, 0.29) is 22.3 Å². The number of aromatic carboxylic acids is 1.